The van der Waals surface area contributed by atoms with E-state index in [4.69, 9.17) is 15.2 Å². The molecule has 1 aliphatic heterocycles. The number of benzene rings is 2. The van der Waals surface area contributed by atoms with Crippen molar-refractivity contribution in [2.24, 2.45) is 5.73 Å². The summed E-state index contributed by atoms with van der Waals surface area (Å²) >= 11 is 0. The molecule has 0 fully saturated rings. The van der Waals surface area contributed by atoms with Gasteiger partial charge in [0.2, 0.25) is 5.91 Å². The second-order valence-corrected chi connectivity index (χ2v) is 5.76. The Morgan fingerprint density at radius 2 is 1.93 bits per heavy atom. The van der Waals surface area contributed by atoms with Crippen LogP contribution in [0.4, 0.5) is 11.4 Å². The van der Waals surface area contributed by atoms with Crippen LogP contribution in [0.1, 0.15) is 6.42 Å². The fourth-order valence-electron chi connectivity index (χ4n) is 2.65. The normalized spacial score (nSPS) is 12.5. The fraction of sp³-hybridized carbons (Fsp3) is 0.263. The number of rotatable bonds is 7. The summed E-state index contributed by atoms with van der Waals surface area (Å²) in [6, 6.07) is 14.4. The molecule has 1 aliphatic rings. The highest BCUT2D eigenvalue weighted by atomic mass is 35.5. The lowest BCUT2D eigenvalue weighted by Gasteiger charge is -2.29. The third kappa shape index (κ3) is 5.35. The lowest BCUT2D eigenvalue weighted by atomic mass is 10.2. The van der Waals surface area contributed by atoms with Crippen LogP contribution in [0.25, 0.3) is 0 Å². The van der Waals surface area contributed by atoms with Gasteiger partial charge in [0.05, 0.1) is 5.69 Å². The number of halogens is 1. The minimum atomic E-state index is -0.169. The van der Waals surface area contributed by atoms with E-state index in [1.807, 2.05) is 24.3 Å². The molecule has 0 spiro atoms. The first-order valence-electron chi connectivity index (χ1n) is 8.42. The molecule has 0 saturated heterocycles. The Bertz CT molecular complexity index is 783. The van der Waals surface area contributed by atoms with Crippen LogP contribution in [-0.2, 0) is 9.59 Å². The van der Waals surface area contributed by atoms with Gasteiger partial charge in [0.1, 0.15) is 18.1 Å². The molecule has 0 saturated carbocycles. The summed E-state index contributed by atoms with van der Waals surface area (Å²) in [5.74, 6) is 1.03. The van der Waals surface area contributed by atoms with Gasteiger partial charge in [-0.25, -0.2) is 0 Å². The maximum Gasteiger partial charge on any atom is 0.265 e. The van der Waals surface area contributed by atoms with Crippen molar-refractivity contribution in [1.29, 1.82) is 0 Å². The number of hydrogen-bond donors (Lipinski definition) is 2. The van der Waals surface area contributed by atoms with Gasteiger partial charge in [-0.3, -0.25) is 9.59 Å². The van der Waals surface area contributed by atoms with E-state index in [0.29, 0.717) is 42.6 Å². The number of hydrogen-bond acceptors (Lipinski definition) is 5. The molecule has 8 heteroatoms. The predicted molar refractivity (Wildman–Crippen MR) is 106 cm³/mol. The van der Waals surface area contributed by atoms with Gasteiger partial charge < -0.3 is 25.4 Å². The van der Waals surface area contributed by atoms with Crippen molar-refractivity contribution in [3.8, 4) is 11.5 Å². The second kappa shape index (κ2) is 9.80. The number of anilines is 2. The van der Waals surface area contributed by atoms with Gasteiger partial charge in [-0.1, -0.05) is 12.1 Å². The number of nitrogens with zero attached hydrogens (tertiary/aromatic N) is 1. The molecule has 7 nitrogen and oxygen atoms in total. The Kier molecular flexibility index (Phi) is 7.45. The molecule has 0 aliphatic carbocycles. The average molecular weight is 392 g/mol. The zero-order chi connectivity index (χ0) is 18.4. The van der Waals surface area contributed by atoms with Crippen LogP contribution in [0, 0.1) is 0 Å². The van der Waals surface area contributed by atoms with Crippen molar-refractivity contribution in [2.75, 3.05) is 36.5 Å². The largest absolute Gasteiger partial charge is 0.492 e. The van der Waals surface area contributed by atoms with E-state index in [1.165, 1.54) is 0 Å². The molecule has 0 bridgehead atoms. The smallest absolute Gasteiger partial charge is 0.265 e. The summed E-state index contributed by atoms with van der Waals surface area (Å²) in [7, 11) is 0. The Morgan fingerprint density at radius 3 is 2.67 bits per heavy atom. The van der Waals surface area contributed by atoms with E-state index < -0.39 is 0 Å². The van der Waals surface area contributed by atoms with Crippen LogP contribution in [0.3, 0.4) is 0 Å². The number of carbonyl (C=O) groups is 2. The van der Waals surface area contributed by atoms with E-state index in [-0.39, 0.29) is 37.2 Å². The summed E-state index contributed by atoms with van der Waals surface area (Å²) in [5.41, 5.74) is 6.75. The van der Waals surface area contributed by atoms with Crippen molar-refractivity contribution in [3.05, 3.63) is 48.5 Å². The summed E-state index contributed by atoms with van der Waals surface area (Å²) in [4.78, 5) is 25.9. The van der Waals surface area contributed by atoms with Crippen molar-refractivity contribution in [2.45, 2.75) is 6.42 Å². The minimum absolute atomic E-state index is 0. The highest BCUT2D eigenvalue weighted by Gasteiger charge is 2.25. The highest BCUT2D eigenvalue weighted by molar-refractivity contribution is 5.99. The number of ether oxygens (including phenoxy) is 2. The third-order valence-corrected chi connectivity index (χ3v) is 3.90. The zero-order valence-electron chi connectivity index (χ0n) is 14.7. The SMILES string of the molecule is Cl.NCCOc1ccc(NC(=O)CCN2C(=O)COc3ccccc32)cc1. The summed E-state index contributed by atoms with van der Waals surface area (Å²) < 4.78 is 10.8. The number of para-hydroxylation sites is 2. The van der Waals surface area contributed by atoms with Gasteiger partial charge in [0, 0.05) is 25.2 Å². The van der Waals surface area contributed by atoms with Crippen LogP contribution in [0.15, 0.2) is 48.5 Å². The van der Waals surface area contributed by atoms with Crippen molar-refractivity contribution < 1.29 is 19.1 Å². The highest BCUT2D eigenvalue weighted by Crippen LogP contribution is 2.31. The molecule has 0 aromatic heterocycles. The van der Waals surface area contributed by atoms with E-state index >= 15 is 0 Å². The average Bonchev–Trinajstić information content (AvgIpc) is 2.66. The zero-order valence-corrected chi connectivity index (χ0v) is 15.5. The van der Waals surface area contributed by atoms with E-state index in [9.17, 15) is 9.59 Å². The van der Waals surface area contributed by atoms with E-state index in [2.05, 4.69) is 5.32 Å². The Morgan fingerprint density at radius 1 is 1.19 bits per heavy atom. The van der Waals surface area contributed by atoms with Crippen molar-refractivity contribution >= 4 is 35.6 Å². The standard InChI is InChI=1S/C19H21N3O4.ClH/c20-10-12-25-15-7-5-14(6-8-15)21-18(23)9-11-22-16-3-1-2-4-17(16)26-13-19(22)24;/h1-8H,9-13,20H2,(H,21,23);1H. The van der Waals surface area contributed by atoms with Crippen LogP contribution >= 0.6 is 12.4 Å². The molecule has 3 N–H and O–H groups in total. The maximum absolute atomic E-state index is 12.2. The first-order valence-corrected chi connectivity index (χ1v) is 8.42. The number of carbonyl (C=O) groups excluding carboxylic acids is 2. The number of nitrogens with one attached hydrogen (secondary N) is 1. The van der Waals surface area contributed by atoms with Gasteiger partial charge in [-0.15, -0.1) is 12.4 Å². The molecular formula is C19H22ClN3O4. The predicted octanol–water partition coefficient (Wildman–Crippen LogP) is 2.20. The molecule has 0 radical (unpaired) electrons. The molecule has 1 heterocycles. The van der Waals surface area contributed by atoms with Crippen LogP contribution in [0.5, 0.6) is 11.5 Å². The first-order chi connectivity index (χ1) is 12.7. The Balaban J connectivity index is 0.00000261. The lowest BCUT2D eigenvalue weighted by Crippen LogP contribution is -2.40. The molecule has 3 rings (SSSR count). The first kappa shape index (κ1) is 20.5. The van der Waals surface area contributed by atoms with Gasteiger partial charge in [-0.2, -0.15) is 0 Å². The summed E-state index contributed by atoms with van der Waals surface area (Å²) in [6.07, 6.45) is 0.186. The Labute approximate surface area is 163 Å². The lowest BCUT2D eigenvalue weighted by molar-refractivity contribution is -0.121. The number of nitrogens with two attached hydrogens (primary N) is 1. The van der Waals surface area contributed by atoms with Gasteiger partial charge in [0.25, 0.3) is 5.91 Å². The summed E-state index contributed by atoms with van der Waals surface area (Å²) in [5, 5.41) is 2.82. The van der Waals surface area contributed by atoms with Gasteiger partial charge in [0.15, 0.2) is 6.61 Å². The minimum Gasteiger partial charge on any atom is -0.492 e. The molecule has 2 aromatic rings. The molecule has 27 heavy (non-hydrogen) atoms. The fourth-order valence-corrected chi connectivity index (χ4v) is 2.65. The summed E-state index contributed by atoms with van der Waals surface area (Å²) in [6.45, 7) is 1.17. The van der Waals surface area contributed by atoms with Crippen molar-refractivity contribution in [1.82, 2.24) is 0 Å². The maximum atomic E-state index is 12.2. The molecule has 0 unspecified atom stereocenters. The topological polar surface area (TPSA) is 93.9 Å². The molecule has 144 valence electrons. The Hall–Kier alpha value is -2.77. The quantitative estimate of drug-likeness (QED) is 0.754. The monoisotopic (exact) mass is 391 g/mol. The van der Waals surface area contributed by atoms with Crippen molar-refractivity contribution in [3.63, 3.8) is 0 Å². The van der Waals surface area contributed by atoms with E-state index in [0.717, 1.165) is 0 Å². The third-order valence-electron chi connectivity index (χ3n) is 3.90. The van der Waals surface area contributed by atoms with Crippen LogP contribution in [-0.4, -0.2) is 38.1 Å². The van der Waals surface area contributed by atoms with Gasteiger partial charge in [-0.05, 0) is 36.4 Å². The van der Waals surface area contributed by atoms with Crippen LogP contribution in [0.2, 0.25) is 0 Å². The van der Waals surface area contributed by atoms with Gasteiger partial charge >= 0.3 is 0 Å². The molecule has 2 aromatic carbocycles. The second-order valence-electron chi connectivity index (χ2n) is 5.76. The van der Waals surface area contributed by atoms with E-state index in [1.54, 1.807) is 29.2 Å². The number of amides is 2. The number of fused-ring (bicyclic) bond motifs is 1. The molecular weight excluding hydrogens is 370 g/mol. The molecule has 2 amide bonds. The van der Waals surface area contributed by atoms with Crippen LogP contribution < -0.4 is 25.4 Å². The molecule has 0 atom stereocenters.